The Morgan fingerprint density at radius 2 is 2.00 bits per heavy atom. The normalized spacial score (nSPS) is 14.1. The van der Waals surface area contributed by atoms with E-state index in [4.69, 9.17) is 21.3 Å². The minimum atomic E-state index is -0.610. The number of nitrogens with zero attached hydrogens (tertiary/aromatic N) is 3. The van der Waals surface area contributed by atoms with Crippen LogP contribution in [0.15, 0.2) is 42.6 Å². The summed E-state index contributed by atoms with van der Waals surface area (Å²) < 4.78 is 7.01. The van der Waals surface area contributed by atoms with E-state index in [1.807, 2.05) is 25.1 Å². The second kappa shape index (κ2) is 12.0. The number of halogens is 1. The van der Waals surface area contributed by atoms with Crippen LogP contribution in [0.25, 0.3) is 0 Å². The van der Waals surface area contributed by atoms with Gasteiger partial charge in [0, 0.05) is 7.11 Å². The Morgan fingerprint density at radius 3 is 2.77 bits per heavy atom. The van der Waals surface area contributed by atoms with E-state index in [-0.39, 0.29) is 5.91 Å². The van der Waals surface area contributed by atoms with E-state index in [9.17, 15) is 4.79 Å². The molecular formula is C26H30AsClN5O2. The Hall–Kier alpha value is -2.44. The van der Waals surface area contributed by atoms with E-state index < -0.39 is 15.8 Å². The van der Waals surface area contributed by atoms with Crippen LogP contribution in [-0.2, 0) is 17.6 Å². The third kappa shape index (κ3) is 6.42. The van der Waals surface area contributed by atoms with Gasteiger partial charge in [0.1, 0.15) is 0 Å². The van der Waals surface area contributed by atoms with Crippen LogP contribution in [0.5, 0.6) is 0 Å². The Labute approximate surface area is 218 Å². The van der Waals surface area contributed by atoms with Crippen molar-refractivity contribution >= 4 is 53.7 Å². The third-order valence-electron chi connectivity index (χ3n) is 6.12. The molecule has 4 rings (SSSR count). The molecule has 7 nitrogen and oxygen atoms in total. The molecule has 0 aliphatic carbocycles. The molecule has 0 saturated heterocycles. The molecule has 1 radical (unpaired) electrons. The molecule has 2 N–H and O–H groups in total. The third-order valence-corrected chi connectivity index (χ3v) is 9.56. The predicted octanol–water partition coefficient (Wildman–Crippen LogP) is 2.24. The summed E-state index contributed by atoms with van der Waals surface area (Å²) in [4.78, 5) is 24.0. The second-order valence-corrected chi connectivity index (χ2v) is 11.2. The molecule has 0 atom stereocenters. The number of fused-ring (bicyclic) bond motifs is 1. The van der Waals surface area contributed by atoms with Gasteiger partial charge < -0.3 is 4.74 Å². The fourth-order valence-electron chi connectivity index (χ4n) is 4.15. The number of benzene rings is 2. The number of methoxy groups -OCH3 is 1. The van der Waals surface area contributed by atoms with Crippen molar-refractivity contribution in [2.24, 2.45) is 0 Å². The summed E-state index contributed by atoms with van der Waals surface area (Å²) in [5.74, 6) is 0.401. The van der Waals surface area contributed by atoms with Crippen LogP contribution in [-0.4, -0.2) is 76.9 Å². The summed E-state index contributed by atoms with van der Waals surface area (Å²) in [5.41, 5.74) is 5.42. The van der Waals surface area contributed by atoms with Gasteiger partial charge in [-0.3, -0.25) is 0 Å². The fraction of sp³-hybridized carbons (Fsp3) is 0.346. The summed E-state index contributed by atoms with van der Waals surface area (Å²) in [6.07, 6.45) is 3.67. The summed E-state index contributed by atoms with van der Waals surface area (Å²) >= 11 is 5.88. The number of ether oxygens (including phenoxy) is 1. The molecule has 0 fully saturated rings. The number of carbonyl (C=O) groups is 1. The zero-order chi connectivity index (χ0) is 24.8. The number of nitrogens with one attached hydrogen (secondary N) is 2. The average molecular weight is 555 g/mol. The first-order chi connectivity index (χ1) is 17.0. The van der Waals surface area contributed by atoms with Crippen LogP contribution in [0.4, 0.5) is 11.6 Å². The van der Waals surface area contributed by atoms with E-state index in [0.717, 1.165) is 59.2 Å². The predicted molar refractivity (Wildman–Crippen MR) is 142 cm³/mol. The monoisotopic (exact) mass is 554 g/mol. The maximum atomic E-state index is 12.4. The van der Waals surface area contributed by atoms with Crippen molar-refractivity contribution in [3.05, 3.63) is 69.9 Å². The molecule has 1 aliphatic rings. The molecule has 2 heterocycles. The van der Waals surface area contributed by atoms with E-state index >= 15 is 0 Å². The summed E-state index contributed by atoms with van der Waals surface area (Å²) in [6.45, 7) is 5.80. The van der Waals surface area contributed by atoms with Gasteiger partial charge in [-0.2, -0.15) is 0 Å². The SMILES string of the molecule is CNC(=O)c1cccc(C)c1[As]c1nc(Nc2ccc3c(c2)CCN(CCOC)CC3)ncc1Cl. The van der Waals surface area contributed by atoms with Gasteiger partial charge in [-0.1, -0.05) is 0 Å². The summed E-state index contributed by atoms with van der Waals surface area (Å²) in [5, 5.41) is 6.60. The minimum absolute atomic E-state index is 0.103. The van der Waals surface area contributed by atoms with Crippen LogP contribution in [0.3, 0.4) is 0 Å². The molecule has 2 aromatic carbocycles. The first kappa shape index (κ1) is 25.6. The molecule has 35 heavy (non-hydrogen) atoms. The zero-order valence-electron chi connectivity index (χ0n) is 20.3. The molecular weight excluding hydrogens is 525 g/mol. The molecule has 1 aliphatic heterocycles. The van der Waals surface area contributed by atoms with Crippen LogP contribution >= 0.6 is 11.6 Å². The van der Waals surface area contributed by atoms with E-state index in [2.05, 4.69) is 38.7 Å². The first-order valence-corrected chi connectivity index (χ1v) is 13.9. The van der Waals surface area contributed by atoms with Crippen molar-refractivity contribution in [1.29, 1.82) is 0 Å². The van der Waals surface area contributed by atoms with Gasteiger partial charge in [-0.05, 0) is 0 Å². The van der Waals surface area contributed by atoms with Gasteiger partial charge in [0.25, 0.3) is 0 Å². The van der Waals surface area contributed by atoms with Crippen molar-refractivity contribution in [2.75, 3.05) is 45.7 Å². The average Bonchev–Trinajstić information content (AvgIpc) is 3.07. The fourth-order valence-corrected chi connectivity index (χ4v) is 6.70. The Bertz CT molecular complexity index is 1210. The van der Waals surface area contributed by atoms with Crippen LogP contribution in [0, 0.1) is 6.92 Å². The van der Waals surface area contributed by atoms with Gasteiger partial charge in [-0.25, -0.2) is 0 Å². The number of rotatable bonds is 8. The summed E-state index contributed by atoms with van der Waals surface area (Å²) in [6, 6.07) is 12.2. The molecule has 0 bridgehead atoms. The second-order valence-electron chi connectivity index (χ2n) is 8.47. The number of hydrogen-bond acceptors (Lipinski definition) is 6. The quantitative estimate of drug-likeness (QED) is 0.416. The number of hydrogen-bond donors (Lipinski definition) is 2. The van der Waals surface area contributed by atoms with Gasteiger partial charge in [0.2, 0.25) is 0 Å². The topological polar surface area (TPSA) is 79.4 Å². The van der Waals surface area contributed by atoms with E-state index in [1.54, 1.807) is 20.4 Å². The molecule has 9 heteroatoms. The Balaban J connectivity index is 1.52. The molecule has 1 aromatic heterocycles. The molecule has 3 aromatic rings. The number of amides is 1. The van der Waals surface area contributed by atoms with Crippen LogP contribution < -0.4 is 19.5 Å². The van der Waals surface area contributed by atoms with Crippen LogP contribution in [0.2, 0.25) is 5.02 Å². The van der Waals surface area contributed by atoms with Crippen molar-refractivity contribution in [3.63, 3.8) is 0 Å². The first-order valence-electron chi connectivity index (χ1n) is 11.6. The van der Waals surface area contributed by atoms with Crippen molar-refractivity contribution in [1.82, 2.24) is 20.2 Å². The summed E-state index contributed by atoms with van der Waals surface area (Å²) in [7, 11) is 3.39. The van der Waals surface area contributed by atoms with Crippen LogP contribution in [0.1, 0.15) is 27.0 Å². The van der Waals surface area contributed by atoms with Crippen molar-refractivity contribution in [2.45, 2.75) is 19.8 Å². The number of carbonyl (C=O) groups excluding carboxylic acids is 1. The van der Waals surface area contributed by atoms with Gasteiger partial charge in [0.05, 0.1) is 0 Å². The maximum absolute atomic E-state index is 12.4. The number of aromatic nitrogens is 2. The van der Waals surface area contributed by atoms with Gasteiger partial charge in [-0.15, -0.1) is 0 Å². The number of aryl methyl sites for hydroxylation is 1. The van der Waals surface area contributed by atoms with Crippen molar-refractivity contribution < 1.29 is 9.53 Å². The Kier molecular flexibility index (Phi) is 8.79. The number of anilines is 2. The Morgan fingerprint density at radius 1 is 1.20 bits per heavy atom. The molecule has 183 valence electrons. The van der Waals surface area contributed by atoms with Crippen molar-refractivity contribution in [3.8, 4) is 0 Å². The molecule has 0 unspecified atom stereocenters. The molecule has 0 spiro atoms. The standard InChI is InChI=1S/C26H30AsClN5O2/c1-17-5-4-6-21(25(34)29-2)23(17)27-24-22(28)16-30-26(32-24)31-20-8-7-18-9-11-33(13-14-35-3)12-10-19(18)15-20/h4-8,15-16H,9-14H2,1-3H3,(H,29,34)(H,30,31,32). The van der Waals surface area contributed by atoms with E-state index in [0.29, 0.717) is 16.5 Å². The van der Waals surface area contributed by atoms with E-state index in [1.165, 1.54) is 11.1 Å². The zero-order valence-corrected chi connectivity index (χ0v) is 22.9. The molecule has 1 amide bonds. The molecule has 0 saturated carbocycles. The van der Waals surface area contributed by atoms with Gasteiger partial charge >= 0.3 is 207 Å². The van der Waals surface area contributed by atoms with Gasteiger partial charge in [0.15, 0.2) is 0 Å².